The van der Waals surface area contributed by atoms with Crippen molar-refractivity contribution < 1.29 is 23.2 Å². The smallest absolute Gasteiger partial charge is 0.275 e. The summed E-state index contributed by atoms with van der Waals surface area (Å²) in [6.45, 7) is 3.82. The molecular formula is C28H30F2N4O3S. The molecule has 0 spiro atoms. The van der Waals surface area contributed by atoms with Gasteiger partial charge < -0.3 is 15.5 Å². The number of nitrogens with zero attached hydrogens (tertiary/aromatic N) is 2. The van der Waals surface area contributed by atoms with E-state index in [1.165, 1.54) is 30.4 Å². The summed E-state index contributed by atoms with van der Waals surface area (Å²) in [5, 5.41) is 8.10. The molecule has 1 aromatic heterocycles. The minimum atomic E-state index is -2.97. The highest BCUT2D eigenvalue weighted by Crippen LogP contribution is 2.34. The number of hydrogen-bond acceptors (Lipinski definition) is 5. The Morgan fingerprint density at radius 3 is 2.55 bits per heavy atom. The highest BCUT2D eigenvalue weighted by Gasteiger charge is 2.27. The summed E-state index contributed by atoms with van der Waals surface area (Å²) in [4.78, 5) is 42.8. The molecule has 1 fully saturated rings. The van der Waals surface area contributed by atoms with E-state index < -0.39 is 5.92 Å². The molecule has 1 aliphatic heterocycles. The van der Waals surface area contributed by atoms with Gasteiger partial charge in [0.2, 0.25) is 11.8 Å². The van der Waals surface area contributed by atoms with Crippen LogP contribution in [-0.2, 0) is 15.5 Å². The van der Waals surface area contributed by atoms with E-state index in [2.05, 4.69) is 15.6 Å². The van der Waals surface area contributed by atoms with Gasteiger partial charge in [-0.2, -0.15) is 0 Å². The molecule has 0 radical (unpaired) electrons. The molecule has 1 aliphatic rings. The number of para-hydroxylation sites is 1. The standard InChI is InChI=1S/C28H30F2N4O3S/c1-18(35)31-13-10-25(36)34-14-11-19(12-15-34)27-33-24(17-38-27)26(37)32-23-9-4-3-8-22(23)20-6-5-7-21(16-20)28(2,29)30/h3-9,16-17,19H,10-15H2,1-2H3,(H,31,35)(H,32,37). The summed E-state index contributed by atoms with van der Waals surface area (Å²) in [7, 11) is 0. The highest BCUT2D eigenvalue weighted by molar-refractivity contribution is 7.10. The topological polar surface area (TPSA) is 91.4 Å². The fraction of sp³-hybridized carbons (Fsp3) is 0.357. The van der Waals surface area contributed by atoms with Crippen LogP contribution >= 0.6 is 11.3 Å². The first-order valence-corrected chi connectivity index (χ1v) is 13.4. The van der Waals surface area contributed by atoms with Crippen LogP contribution in [-0.4, -0.2) is 47.2 Å². The third-order valence-electron chi connectivity index (χ3n) is 6.52. The molecule has 0 saturated carbocycles. The van der Waals surface area contributed by atoms with Crippen molar-refractivity contribution in [2.75, 3.05) is 25.0 Å². The molecular weight excluding hydrogens is 510 g/mol. The van der Waals surface area contributed by atoms with Crippen LogP contribution in [0.1, 0.15) is 60.1 Å². The van der Waals surface area contributed by atoms with Gasteiger partial charge in [-0.3, -0.25) is 14.4 Å². The van der Waals surface area contributed by atoms with Gasteiger partial charge in [0.1, 0.15) is 5.69 Å². The van der Waals surface area contributed by atoms with E-state index in [-0.39, 0.29) is 35.6 Å². The van der Waals surface area contributed by atoms with E-state index in [0.717, 1.165) is 24.8 Å². The maximum atomic E-state index is 13.9. The Kier molecular flexibility index (Phi) is 8.51. The maximum absolute atomic E-state index is 13.9. The molecule has 0 aliphatic carbocycles. The van der Waals surface area contributed by atoms with Crippen LogP contribution < -0.4 is 10.6 Å². The van der Waals surface area contributed by atoms with E-state index in [1.807, 2.05) is 0 Å². The van der Waals surface area contributed by atoms with Crippen molar-refractivity contribution >= 4 is 34.7 Å². The maximum Gasteiger partial charge on any atom is 0.275 e. The van der Waals surface area contributed by atoms with Crippen molar-refractivity contribution in [3.8, 4) is 11.1 Å². The molecule has 3 aromatic rings. The first-order chi connectivity index (χ1) is 18.1. The normalized spacial score (nSPS) is 14.3. The Balaban J connectivity index is 1.39. The third kappa shape index (κ3) is 6.80. The van der Waals surface area contributed by atoms with E-state index in [4.69, 9.17) is 0 Å². The number of thiazole rings is 1. The lowest BCUT2D eigenvalue weighted by Gasteiger charge is -2.31. The molecule has 1 saturated heterocycles. The van der Waals surface area contributed by atoms with E-state index >= 15 is 0 Å². The number of halogens is 2. The van der Waals surface area contributed by atoms with Gasteiger partial charge in [-0.05, 0) is 30.5 Å². The van der Waals surface area contributed by atoms with Crippen LogP contribution in [0.4, 0.5) is 14.5 Å². The molecule has 2 aromatic carbocycles. The molecule has 0 unspecified atom stereocenters. The van der Waals surface area contributed by atoms with Crippen molar-refractivity contribution in [1.82, 2.24) is 15.2 Å². The molecule has 3 amide bonds. The number of benzene rings is 2. The second kappa shape index (κ2) is 11.8. The second-order valence-corrected chi connectivity index (χ2v) is 10.3. The van der Waals surface area contributed by atoms with Crippen molar-refractivity contribution in [3.05, 3.63) is 70.2 Å². The molecule has 0 bridgehead atoms. The first-order valence-electron chi connectivity index (χ1n) is 12.5. The first kappa shape index (κ1) is 27.4. The summed E-state index contributed by atoms with van der Waals surface area (Å²) in [5.74, 6) is -3.32. The summed E-state index contributed by atoms with van der Waals surface area (Å²) in [6.07, 6.45) is 1.78. The lowest BCUT2D eigenvalue weighted by atomic mass is 9.97. The number of carbonyl (C=O) groups excluding carboxylic acids is 3. The number of anilines is 1. The Hall–Kier alpha value is -3.66. The quantitative estimate of drug-likeness (QED) is 0.400. The monoisotopic (exact) mass is 540 g/mol. The van der Waals surface area contributed by atoms with Gasteiger partial charge in [0.25, 0.3) is 11.8 Å². The molecule has 38 heavy (non-hydrogen) atoms. The third-order valence-corrected chi connectivity index (χ3v) is 7.53. The molecule has 4 rings (SSSR count). The summed E-state index contributed by atoms with van der Waals surface area (Å²) >= 11 is 1.42. The predicted octanol–water partition coefficient (Wildman–Crippen LogP) is 5.41. The SMILES string of the molecule is CC(=O)NCCC(=O)N1CCC(c2nc(C(=O)Nc3ccccc3-c3cccc(C(C)(F)F)c3)cs2)CC1. The van der Waals surface area contributed by atoms with Crippen LogP contribution in [0.3, 0.4) is 0 Å². The van der Waals surface area contributed by atoms with Crippen molar-refractivity contribution in [2.45, 2.75) is 45.0 Å². The van der Waals surface area contributed by atoms with Crippen LogP contribution in [0.2, 0.25) is 0 Å². The Morgan fingerprint density at radius 1 is 1.11 bits per heavy atom. The fourth-order valence-corrected chi connectivity index (χ4v) is 5.42. The number of hydrogen-bond donors (Lipinski definition) is 2. The zero-order chi connectivity index (χ0) is 27.3. The molecule has 2 heterocycles. The number of amides is 3. The number of rotatable bonds is 8. The van der Waals surface area contributed by atoms with Crippen LogP contribution in [0.15, 0.2) is 53.9 Å². The van der Waals surface area contributed by atoms with Crippen LogP contribution in [0.25, 0.3) is 11.1 Å². The number of likely N-dealkylation sites (tertiary alicyclic amines) is 1. The minimum Gasteiger partial charge on any atom is -0.356 e. The molecule has 0 atom stereocenters. The fourth-order valence-electron chi connectivity index (χ4n) is 4.45. The molecule has 2 N–H and O–H groups in total. The van der Waals surface area contributed by atoms with Gasteiger partial charge in [-0.25, -0.2) is 13.8 Å². The average molecular weight is 541 g/mol. The summed E-state index contributed by atoms with van der Waals surface area (Å²) in [6, 6.07) is 13.2. The Labute approximate surface area is 224 Å². The number of aromatic nitrogens is 1. The molecule has 200 valence electrons. The zero-order valence-electron chi connectivity index (χ0n) is 21.3. The number of piperidine rings is 1. The van der Waals surface area contributed by atoms with Gasteiger partial charge >= 0.3 is 0 Å². The number of nitrogens with one attached hydrogen (secondary N) is 2. The second-order valence-electron chi connectivity index (χ2n) is 9.43. The molecule has 7 nitrogen and oxygen atoms in total. The van der Waals surface area contributed by atoms with E-state index in [9.17, 15) is 23.2 Å². The van der Waals surface area contributed by atoms with Gasteiger partial charge in [0, 0.05) is 68.0 Å². The zero-order valence-corrected chi connectivity index (χ0v) is 22.1. The minimum absolute atomic E-state index is 0.0169. The highest BCUT2D eigenvalue weighted by atomic mass is 32.1. The lowest BCUT2D eigenvalue weighted by molar-refractivity contribution is -0.132. The van der Waals surface area contributed by atoms with Crippen LogP contribution in [0, 0.1) is 0 Å². The molecule has 10 heteroatoms. The summed E-state index contributed by atoms with van der Waals surface area (Å²) in [5.41, 5.74) is 1.92. The van der Waals surface area contributed by atoms with Crippen molar-refractivity contribution in [2.24, 2.45) is 0 Å². The largest absolute Gasteiger partial charge is 0.356 e. The van der Waals surface area contributed by atoms with E-state index in [1.54, 1.807) is 46.7 Å². The summed E-state index contributed by atoms with van der Waals surface area (Å²) < 4.78 is 27.7. The van der Waals surface area contributed by atoms with Crippen molar-refractivity contribution in [3.63, 3.8) is 0 Å². The Morgan fingerprint density at radius 2 is 1.84 bits per heavy atom. The predicted molar refractivity (Wildman–Crippen MR) is 143 cm³/mol. The van der Waals surface area contributed by atoms with Crippen molar-refractivity contribution in [1.29, 1.82) is 0 Å². The number of carbonyl (C=O) groups is 3. The Bertz CT molecular complexity index is 1310. The van der Waals surface area contributed by atoms with E-state index in [0.29, 0.717) is 42.1 Å². The lowest BCUT2D eigenvalue weighted by Crippen LogP contribution is -2.39. The van der Waals surface area contributed by atoms with Gasteiger partial charge in [-0.15, -0.1) is 11.3 Å². The average Bonchev–Trinajstić information content (AvgIpc) is 3.39. The van der Waals surface area contributed by atoms with Crippen LogP contribution in [0.5, 0.6) is 0 Å². The number of alkyl halides is 2. The van der Waals surface area contributed by atoms with Gasteiger partial charge in [0.15, 0.2) is 0 Å². The van der Waals surface area contributed by atoms with Gasteiger partial charge in [0.05, 0.1) is 5.01 Å². The van der Waals surface area contributed by atoms with Gasteiger partial charge in [-0.1, -0.05) is 36.4 Å².